The Hall–Kier alpha value is -1.08. The van der Waals surface area contributed by atoms with Crippen molar-refractivity contribution in [3.8, 4) is 0 Å². The molecule has 150 valence electrons. The number of rotatable bonds is 5. The minimum atomic E-state index is -0.176. The quantitative estimate of drug-likeness (QED) is 0.511. The fourth-order valence-electron chi connectivity index (χ4n) is 5.76. The molecule has 3 saturated carbocycles. The normalized spacial score (nSPS) is 37.7. The summed E-state index contributed by atoms with van der Waals surface area (Å²) in [6.45, 7) is 11.4. The van der Waals surface area contributed by atoms with Crippen molar-refractivity contribution in [2.45, 2.75) is 91.1 Å². The summed E-state index contributed by atoms with van der Waals surface area (Å²) in [7, 11) is 0. The van der Waals surface area contributed by atoms with E-state index in [1.807, 2.05) is 0 Å². The molecule has 1 heteroatoms. The van der Waals surface area contributed by atoms with Crippen LogP contribution in [0, 0.1) is 23.2 Å². The topological polar surface area (TPSA) is 20.2 Å². The molecule has 3 rings (SSSR count). The van der Waals surface area contributed by atoms with Gasteiger partial charge in [0.25, 0.3) is 0 Å². The zero-order valence-corrected chi connectivity index (χ0v) is 17.8. The highest BCUT2D eigenvalue weighted by Gasteiger charge is 2.48. The van der Waals surface area contributed by atoms with Crippen molar-refractivity contribution >= 4 is 0 Å². The van der Waals surface area contributed by atoms with Crippen molar-refractivity contribution in [1.29, 1.82) is 0 Å². The molecule has 0 bridgehead atoms. The minimum absolute atomic E-state index is 0.176. The zero-order chi connectivity index (χ0) is 19.4. The molecule has 0 aliphatic heterocycles. The molecule has 0 spiro atoms. The first-order valence-electron chi connectivity index (χ1n) is 11.3. The molecule has 3 fully saturated rings. The van der Waals surface area contributed by atoms with Crippen LogP contribution in [0.25, 0.3) is 0 Å². The van der Waals surface area contributed by atoms with Gasteiger partial charge in [-0.15, -0.1) is 0 Å². The van der Waals surface area contributed by atoms with E-state index < -0.39 is 0 Å². The highest BCUT2D eigenvalue weighted by Crippen LogP contribution is 2.58. The van der Waals surface area contributed by atoms with Gasteiger partial charge in [0.15, 0.2) is 0 Å². The van der Waals surface area contributed by atoms with Gasteiger partial charge in [-0.05, 0) is 93.0 Å². The van der Waals surface area contributed by atoms with Crippen LogP contribution in [0.2, 0.25) is 0 Å². The lowest BCUT2D eigenvalue weighted by atomic mass is 9.63. The van der Waals surface area contributed by atoms with E-state index >= 15 is 0 Å². The lowest BCUT2D eigenvalue weighted by Gasteiger charge is -2.42. The number of fused-ring (bicyclic) bond motifs is 1. The fourth-order valence-corrected chi connectivity index (χ4v) is 5.76. The molecule has 0 unspecified atom stereocenters. The van der Waals surface area contributed by atoms with Gasteiger partial charge in [0.05, 0.1) is 6.10 Å². The second kappa shape index (κ2) is 8.95. The van der Waals surface area contributed by atoms with E-state index in [9.17, 15) is 5.11 Å². The molecule has 0 aromatic heterocycles. The largest absolute Gasteiger partial charge is 0.393 e. The lowest BCUT2D eigenvalue weighted by Crippen LogP contribution is -2.33. The summed E-state index contributed by atoms with van der Waals surface area (Å²) in [4.78, 5) is 0. The molecule has 0 aromatic rings. The molecule has 0 aromatic carbocycles. The summed E-state index contributed by atoms with van der Waals surface area (Å²) in [5.74, 6) is 2.36. The average Bonchev–Trinajstić information content (AvgIpc) is 2.96. The summed E-state index contributed by atoms with van der Waals surface area (Å²) in [6, 6.07) is 0. The van der Waals surface area contributed by atoms with Crippen LogP contribution in [-0.2, 0) is 0 Å². The van der Waals surface area contributed by atoms with Crippen molar-refractivity contribution in [2.75, 3.05) is 0 Å². The Kier molecular flexibility index (Phi) is 6.84. The van der Waals surface area contributed by atoms with E-state index in [0.717, 1.165) is 37.0 Å². The van der Waals surface area contributed by atoms with Crippen LogP contribution in [0.4, 0.5) is 0 Å². The first-order chi connectivity index (χ1) is 12.9. The average molecular weight is 369 g/mol. The highest BCUT2D eigenvalue weighted by atomic mass is 16.3. The second-order valence-corrected chi connectivity index (χ2v) is 9.96. The Labute approximate surface area is 167 Å². The number of hydrogen-bond donors (Lipinski definition) is 1. The predicted octanol–water partition coefficient (Wildman–Crippen LogP) is 7.15. The van der Waals surface area contributed by atoms with Crippen LogP contribution in [-0.4, -0.2) is 11.2 Å². The molecule has 3 aliphatic rings. The van der Waals surface area contributed by atoms with Crippen molar-refractivity contribution in [3.05, 3.63) is 47.6 Å². The predicted molar refractivity (Wildman–Crippen MR) is 117 cm³/mol. The van der Waals surface area contributed by atoms with Gasteiger partial charge < -0.3 is 5.11 Å². The van der Waals surface area contributed by atoms with Crippen molar-refractivity contribution in [2.24, 2.45) is 23.2 Å². The van der Waals surface area contributed by atoms with Crippen LogP contribution in [0.3, 0.4) is 0 Å². The van der Waals surface area contributed by atoms with Crippen molar-refractivity contribution < 1.29 is 5.11 Å². The van der Waals surface area contributed by atoms with E-state index in [1.54, 1.807) is 5.57 Å². The van der Waals surface area contributed by atoms with E-state index in [0.29, 0.717) is 5.41 Å². The third-order valence-electron chi connectivity index (χ3n) is 7.54. The lowest BCUT2D eigenvalue weighted by molar-refractivity contribution is 0.137. The summed E-state index contributed by atoms with van der Waals surface area (Å²) >= 11 is 0. The van der Waals surface area contributed by atoms with E-state index in [-0.39, 0.29) is 6.10 Å². The zero-order valence-electron chi connectivity index (χ0n) is 17.8. The standard InChI is InChI=1S/C26H40O/c1-19(2)8-5-6-10-23-14-16-25-21(9-7-17-26(23,25)4)12-13-22-18-24(27)15-11-20(22)3/h5-6,12-13,19,23-25,27H,3,7-11,14-18H2,1-2,4H3/b6-5+,21-12+,22-13-/t23-,24-,25-,26+/m0/s1. The van der Waals surface area contributed by atoms with E-state index in [1.165, 1.54) is 56.1 Å². The van der Waals surface area contributed by atoms with Crippen LogP contribution in [0.1, 0.15) is 85.0 Å². The number of aliphatic hydroxyl groups is 1. The van der Waals surface area contributed by atoms with E-state index in [2.05, 4.69) is 51.7 Å². The first kappa shape index (κ1) is 20.6. The number of aliphatic hydroxyl groups excluding tert-OH is 1. The molecular formula is C26H40O. The van der Waals surface area contributed by atoms with Crippen LogP contribution in [0.15, 0.2) is 47.6 Å². The van der Waals surface area contributed by atoms with Gasteiger partial charge in [0.2, 0.25) is 0 Å². The van der Waals surface area contributed by atoms with Gasteiger partial charge in [-0.25, -0.2) is 0 Å². The Balaban J connectivity index is 1.69. The molecule has 27 heavy (non-hydrogen) atoms. The van der Waals surface area contributed by atoms with Crippen molar-refractivity contribution in [1.82, 2.24) is 0 Å². The maximum absolute atomic E-state index is 9.99. The van der Waals surface area contributed by atoms with Crippen molar-refractivity contribution in [3.63, 3.8) is 0 Å². The Morgan fingerprint density at radius 1 is 1.15 bits per heavy atom. The Morgan fingerprint density at radius 3 is 2.74 bits per heavy atom. The first-order valence-corrected chi connectivity index (χ1v) is 11.3. The maximum atomic E-state index is 9.99. The number of allylic oxidation sites excluding steroid dienone is 6. The Bertz CT molecular complexity index is 620. The maximum Gasteiger partial charge on any atom is 0.0583 e. The molecule has 0 heterocycles. The van der Waals surface area contributed by atoms with Gasteiger partial charge in [0.1, 0.15) is 0 Å². The molecule has 1 nitrogen and oxygen atoms in total. The minimum Gasteiger partial charge on any atom is -0.393 e. The Morgan fingerprint density at radius 2 is 1.96 bits per heavy atom. The summed E-state index contributed by atoms with van der Waals surface area (Å²) < 4.78 is 0. The molecule has 3 aliphatic carbocycles. The summed E-state index contributed by atoms with van der Waals surface area (Å²) in [5, 5.41) is 9.99. The van der Waals surface area contributed by atoms with Gasteiger partial charge >= 0.3 is 0 Å². The third kappa shape index (κ3) is 4.86. The smallest absolute Gasteiger partial charge is 0.0583 e. The molecule has 0 radical (unpaired) electrons. The molecule has 0 saturated heterocycles. The van der Waals surface area contributed by atoms with Crippen LogP contribution >= 0.6 is 0 Å². The van der Waals surface area contributed by atoms with Gasteiger partial charge in [-0.3, -0.25) is 0 Å². The van der Waals surface area contributed by atoms with Gasteiger partial charge in [-0.2, -0.15) is 0 Å². The molecule has 4 atom stereocenters. The third-order valence-corrected chi connectivity index (χ3v) is 7.54. The molecule has 1 N–H and O–H groups in total. The summed E-state index contributed by atoms with van der Waals surface area (Å²) in [5.41, 5.74) is 4.65. The molecular weight excluding hydrogens is 328 g/mol. The van der Waals surface area contributed by atoms with Gasteiger partial charge in [0, 0.05) is 0 Å². The highest BCUT2D eigenvalue weighted by molar-refractivity contribution is 5.36. The van der Waals surface area contributed by atoms with Crippen LogP contribution < -0.4 is 0 Å². The molecule has 0 amide bonds. The second-order valence-electron chi connectivity index (χ2n) is 9.96. The summed E-state index contributed by atoms with van der Waals surface area (Å²) in [6.07, 6.45) is 21.2. The SMILES string of the molecule is C=C1CC[C@H](O)C/C1=C/C=C1\CCC[C@]2(C)[C@@H](C/C=C/CC(C)C)CC[C@@H]12. The number of hydrogen-bond acceptors (Lipinski definition) is 1. The van der Waals surface area contributed by atoms with Gasteiger partial charge in [-0.1, -0.05) is 62.8 Å². The fraction of sp³-hybridized carbons (Fsp3) is 0.692. The monoisotopic (exact) mass is 368 g/mol. The van der Waals surface area contributed by atoms with E-state index in [4.69, 9.17) is 0 Å². The van der Waals surface area contributed by atoms with Crippen LogP contribution in [0.5, 0.6) is 0 Å².